The number of nitrogens with zero attached hydrogens (tertiary/aromatic N) is 1. The van der Waals surface area contributed by atoms with Crippen molar-refractivity contribution in [1.29, 1.82) is 0 Å². The van der Waals surface area contributed by atoms with Crippen molar-refractivity contribution < 1.29 is 33.4 Å². The van der Waals surface area contributed by atoms with Crippen molar-refractivity contribution in [2.24, 2.45) is 0 Å². The number of rotatable bonds is 8. The van der Waals surface area contributed by atoms with E-state index >= 15 is 0 Å². The van der Waals surface area contributed by atoms with Crippen LogP contribution in [0.25, 0.3) is 6.08 Å². The molecule has 0 aromatic heterocycles. The Balaban J connectivity index is 1.89. The quantitative estimate of drug-likeness (QED) is 0.283. The molecule has 0 unspecified atom stereocenters. The number of imide groups is 2. The third kappa shape index (κ3) is 5.20. The average Bonchev–Trinajstić information content (AvgIpc) is 2.82. The molecule has 1 aliphatic heterocycles. The van der Waals surface area contributed by atoms with E-state index in [9.17, 15) is 19.2 Å². The van der Waals surface area contributed by atoms with Crippen LogP contribution in [0.15, 0.2) is 48.0 Å². The van der Waals surface area contributed by atoms with Crippen LogP contribution in [0.4, 0.5) is 10.5 Å². The molecule has 3 rings (SSSR count). The Kier molecular flexibility index (Phi) is 7.45. The molecule has 2 aromatic rings. The summed E-state index contributed by atoms with van der Waals surface area (Å²) in [4.78, 5) is 50.3. The summed E-state index contributed by atoms with van der Waals surface area (Å²) in [5.74, 6) is -1.15. The predicted molar refractivity (Wildman–Crippen MR) is 120 cm³/mol. The molecule has 33 heavy (non-hydrogen) atoms. The van der Waals surface area contributed by atoms with Gasteiger partial charge in [-0.3, -0.25) is 14.9 Å². The minimum Gasteiger partial charge on any atom is -0.493 e. The van der Waals surface area contributed by atoms with Crippen molar-refractivity contribution in [2.75, 3.05) is 25.7 Å². The van der Waals surface area contributed by atoms with Gasteiger partial charge in [-0.1, -0.05) is 19.4 Å². The second-order valence-electron chi connectivity index (χ2n) is 7.11. The molecule has 0 aliphatic carbocycles. The summed E-state index contributed by atoms with van der Waals surface area (Å²) in [5, 5.41) is 2.16. The van der Waals surface area contributed by atoms with Crippen molar-refractivity contribution in [2.45, 2.75) is 19.8 Å². The Labute approximate surface area is 190 Å². The molecule has 1 N–H and O–H groups in total. The molecule has 172 valence electrons. The predicted octanol–water partition coefficient (Wildman–Crippen LogP) is 3.33. The van der Waals surface area contributed by atoms with Gasteiger partial charge in [0.15, 0.2) is 11.5 Å². The number of anilines is 1. The molecule has 1 heterocycles. The summed E-state index contributed by atoms with van der Waals surface area (Å²) in [6.45, 7) is 2.60. The van der Waals surface area contributed by atoms with E-state index in [1.165, 1.54) is 44.6 Å². The number of benzene rings is 2. The van der Waals surface area contributed by atoms with E-state index in [4.69, 9.17) is 9.47 Å². The summed E-state index contributed by atoms with van der Waals surface area (Å²) in [5.41, 5.74) is 0.740. The first-order valence-electron chi connectivity index (χ1n) is 10.3. The number of hydrogen-bond donors (Lipinski definition) is 1. The Bertz CT molecular complexity index is 1110. The fourth-order valence-corrected chi connectivity index (χ4v) is 3.14. The number of amides is 4. The summed E-state index contributed by atoms with van der Waals surface area (Å²) in [6.07, 6.45) is 3.26. The minimum absolute atomic E-state index is 0.195. The maximum absolute atomic E-state index is 13.1. The van der Waals surface area contributed by atoms with Crippen LogP contribution in [-0.2, 0) is 14.3 Å². The number of barbiturate groups is 1. The molecule has 0 radical (unpaired) electrons. The summed E-state index contributed by atoms with van der Waals surface area (Å²) < 4.78 is 15.7. The normalized spacial score (nSPS) is 14.8. The molecule has 9 heteroatoms. The molecule has 0 atom stereocenters. The number of ether oxygens (including phenoxy) is 3. The van der Waals surface area contributed by atoms with Gasteiger partial charge in [0.1, 0.15) is 5.57 Å². The summed E-state index contributed by atoms with van der Waals surface area (Å²) >= 11 is 0. The van der Waals surface area contributed by atoms with Crippen molar-refractivity contribution in [3.63, 3.8) is 0 Å². The number of nitrogens with one attached hydrogen (secondary N) is 1. The van der Waals surface area contributed by atoms with Crippen LogP contribution in [0.1, 0.15) is 35.7 Å². The number of carbonyl (C=O) groups excluding carboxylic acids is 4. The summed E-state index contributed by atoms with van der Waals surface area (Å²) in [6, 6.07) is 9.81. The summed E-state index contributed by atoms with van der Waals surface area (Å²) in [7, 11) is 2.75. The van der Waals surface area contributed by atoms with Crippen LogP contribution in [-0.4, -0.2) is 44.6 Å². The second-order valence-corrected chi connectivity index (χ2v) is 7.11. The largest absolute Gasteiger partial charge is 0.493 e. The first-order valence-corrected chi connectivity index (χ1v) is 10.3. The van der Waals surface area contributed by atoms with Crippen molar-refractivity contribution in [3.8, 4) is 11.5 Å². The molecule has 0 saturated carbocycles. The maximum Gasteiger partial charge on any atom is 0.337 e. The molecular weight excluding hydrogens is 428 g/mol. The molecule has 1 saturated heterocycles. The lowest BCUT2D eigenvalue weighted by atomic mass is 10.1. The molecule has 9 nitrogen and oxygen atoms in total. The molecule has 0 spiro atoms. The zero-order valence-electron chi connectivity index (χ0n) is 18.5. The van der Waals surface area contributed by atoms with Gasteiger partial charge in [0, 0.05) is 0 Å². The third-order valence-electron chi connectivity index (χ3n) is 4.90. The molecule has 1 fully saturated rings. The van der Waals surface area contributed by atoms with E-state index in [2.05, 4.69) is 17.0 Å². The van der Waals surface area contributed by atoms with Crippen LogP contribution in [0, 0.1) is 0 Å². The van der Waals surface area contributed by atoms with Gasteiger partial charge in [-0.25, -0.2) is 14.5 Å². The lowest BCUT2D eigenvalue weighted by Crippen LogP contribution is -2.54. The van der Waals surface area contributed by atoms with E-state index in [-0.39, 0.29) is 16.8 Å². The Morgan fingerprint density at radius 2 is 1.76 bits per heavy atom. The van der Waals surface area contributed by atoms with Gasteiger partial charge in [0.25, 0.3) is 11.8 Å². The zero-order chi connectivity index (χ0) is 24.0. The number of methoxy groups -OCH3 is 2. The van der Waals surface area contributed by atoms with Crippen molar-refractivity contribution in [3.05, 3.63) is 59.2 Å². The number of carbonyl (C=O) groups is 4. The standard InChI is InChI=1S/C24H24N2O7/c1-4-5-12-33-19-11-6-15(14-20(19)31-2)13-18-21(27)25-24(30)26(22(18)28)17-9-7-16(8-10-17)23(29)32-3/h6-11,13-14H,4-5,12H2,1-3H3,(H,25,27,30)/b18-13-. The van der Waals surface area contributed by atoms with Crippen molar-refractivity contribution >= 4 is 35.6 Å². The van der Waals surface area contributed by atoms with Crippen LogP contribution in [0.2, 0.25) is 0 Å². The van der Waals surface area contributed by atoms with Gasteiger partial charge < -0.3 is 14.2 Å². The van der Waals surface area contributed by atoms with E-state index < -0.39 is 23.8 Å². The van der Waals surface area contributed by atoms with Crippen LogP contribution >= 0.6 is 0 Å². The smallest absolute Gasteiger partial charge is 0.337 e. The number of unbranched alkanes of at least 4 members (excludes halogenated alkanes) is 1. The van der Waals surface area contributed by atoms with Gasteiger partial charge >= 0.3 is 12.0 Å². The topological polar surface area (TPSA) is 111 Å². The monoisotopic (exact) mass is 452 g/mol. The maximum atomic E-state index is 13.1. The van der Waals surface area contributed by atoms with Crippen molar-refractivity contribution in [1.82, 2.24) is 5.32 Å². The molecule has 1 aliphatic rings. The highest BCUT2D eigenvalue weighted by Gasteiger charge is 2.36. The van der Waals surface area contributed by atoms with Crippen LogP contribution < -0.4 is 19.7 Å². The number of hydrogen-bond acceptors (Lipinski definition) is 7. The number of esters is 1. The van der Waals surface area contributed by atoms with E-state index in [0.29, 0.717) is 23.7 Å². The highest BCUT2D eigenvalue weighted by atomic mass is 16.5. The van der Waals surface area contributed by atoms with Crippen LogP contribution in [0.5, 0.6) is 11.5 Å². The van der Waals surface area contributed by atoms with Gasteiger partial charge in [-0.15, -0.1) is 0 Å². The first-order chi connectivity index (χ1) is 15.9. The minimum atomic E-state index is -0.884. The highest BCUT2D eigenvalue weighted by Crippen LogP contribution is 2.30. The van der Waals surface area contributed by atoms with E-state index in [1.54, 1.807) is 18.2 Å². The van der Waals surface area contributed by atoms with Crippen LogP contribution in [0.3, 0.4) is 0 Å². The zero-order valence-corrected chi connectivity index (χ0v) is 18.5. The van der Waals surface area contributed by atoms with Gasteiger partial charge in [0.2, 0.25) is 0 Å². The van der Waals surface area contributed by atoms with E-state index in [0.717, 1.165) is 17.7 Å². The van der Waals surface area contributed by atoms with E-state index in [1.807, 2.05) is 0 Å². The Morgan fingerprint density at radius 1 is 1.03 bits per heavy atom. The molecule has 0 bridgehead atoms. The fourth-order valence-electron chi connectivity index (χ4n) is 3.14. The molecular formula is C24H24N2O7. The Morgan fingerprint density at radius 3 is 2.39 bits per heavy atom. The lowest BCUT2D eigenvalue weighted by molar-refractivity contribution is -0.122. The fraction of sp³-hybridized carbons (Fsp3) is 0.250. The Hall–Kier alpha value is -4.14. The SMILES string of the molecule is CCCCOc1ccc(/C=C2/C(=O)NC(=O)N(c3ccc(C(=O)OC)cc3)C2=O)cc1OC. The van der Waals surface area contributed by atoms with Gasteiger partial charge in [-0.2, -0.15) is 0 Å². The highest BCUT2D eigenvalue weighted by molar-refractivity contribution is 6.39. The number of urea groups is 1. The first kappa shape index (κ1) is 23.5. The third-order valence-corrected chi connectivity index (χ3v) is 4.90. The average molecular weight is 452 g/mol. The lowest BCUT2D eigenvalue weighted by Gasteiger charge is -2.26. The molecule has 4 amide bonds. The molecule has 2 aromatic carbocycles. The second kappa shape index (κ2) is 10.4. The van der Waals surface area contributed by atoms with Gasteiger partial charge in [-0.05, 0) is 54.5 Å². The van der Waals surface area contributed by atoms with Gasteiger partial charge in [0.05, 0.1) is 32.1 Å².